The number of hydrogen-bond donors (Lipinski definition) is 0. The van der Waals surface area contributed by atoms with Crippen molar-refractivity contribution in [2.24, 2.45) is 0 Å². The molecule has 0 heterocycles. The topological polar surface area (TPSA) is 141 Å². The molecule has 0 radical (unpaired) electrons. The number of carbonyl (C=O) groups excluding carboxylic acids is 1. The van der Waals surface area contributed by atoms with E-state index >= 15 is 0 Å². The van der Waals surface area contributed by atoms with Gasteiger partial charge >= 0.3 is 0 Å². The average molecular weight is 498 g/mol. The minimum Gasteiger partial charge on any atom is -0.268 e. The summed E-state index contributed by atoms with van der Waals surface area (Å²) in [4.78, 5) is 34.2. The van der Waals surface area contributed by atoms with E-state index in [4.69, 9.17) is 0 Å². The number of aryl methyl sites for hydroxylation is 2. The summed E-state index contributed by atoms with van der Waals surface area (Å²) < 4.78 is 27.7. The van der Waals surface area contributed by atoms with Gasteiger partial charge in [0.25, 0.3) is 27.3 Å². The molecule has 10 nitrogen and oxygen atoms in total. The summed E-state index contributed by atoms with van der Waals surface area (Å²) in [6, 6.07) is 14.5. The van der Waals surface area contributed by atoms with Gasteiger partial charge in [0, 0.05) is 12.1 Å². The number of anilines is 1. The number of nitro groups is 2. The first-order valence-electron chi connectivity index (χ1n) is 10.7. The minimum atomic E-state index is -4.47. The highest BCUT2D eigenvalue weighted by Gasteiger charge is 2.33. The van der Waals surface area contributed by atoms with Crippen LogP contribution in [0.2, 0.25) is 0 Å². The van der Waals surface area contributed by atoms with Crippen LogP contribution in [0.4, 0.5) is 17.1 Å². The lowest BCUT2D eigenvalue weighted by Crippen LogP contribution is -2.37. The standard InChI is InChI=1S/C24H23N3O7S/c1-3-4-5-18-8-10-20(11-9-18)25(35(33,34)23-12-6-17(2)7-13-23)24(28)19-14-21(26(29)30)16-22(15-19)27(31)32/h6-16H,3-5H2,1-2H3. The molecule has 0 spiro atoms. The SMILES string of the molecule is CCCCc1ccc(N(C(=O)c2cc([N+](=O)[O-])cc([N+](=O)[O-])c2)S(=O)(=O)c2ccc(C)cc2)cc1. The first-order chi connectivity index (χ1) is 16.5. The Bertz CT molecular complexity index is 1340. The van der Waals surface area contributed by atoms with Gasteiger partial charge in [-0.2, -0.15) is 4.31 Å². The summed E-state index contributed by atoms with van der Waals surface area (Å²) in [5.74, 6) is -1.15. The maximum atomic E-state index is 13.6. The van der Waals surface area contributed by atoms with E-state index in [9.17, 15) is 33.4 Å². The Morgan fingerprint density at radius 1 is 0.886 bits per heavy atom. The fourth-order valence-electron chi connectivity index (χ4n) is 3.41. The van der Waals surface area contributed by atoms with Crippen molar-refractivity contribution in [3.8, 4) is 0 Å². The number of nitrogens with zero attached hydrogens (tertiary/aromatic N) is 3. The Labute approximate surface area is 202 Å². The first kappa shape index (κ1) is 25.5. The Balaban J connectivity index is 2.18. The number of nitro benzene ring substituents is 2. The van der Waals surface area contributed by atoms with Crippen molar-refractivity contribution in [2.75, 3.05) is 4.31 Å². The molecule has 0 atom stereocenters. The fourth-order valence-corrected chi connectivity index (χ4v) is 4.82. The predicted molar refractivity (Wildman–Crippen MR) is 130 cm³/mol. The van der Waals surface area contributed by atoms with E-state index in [1.807, 2.05) is 6.92 Å². The number of rotatable bonds is 9. The molecule has 0 N–H and O–H groups in total. The number of non-ortho nitro benzene ring substituents is 2. The molecule has 0 fully saturated rings. The molecule has 0 aliphatic heterocycles. The molecule has 0 saturated carbocycles. The van der Waals surface area contributed by atoms with Crippen molar-refractivity contribution in [3.05, 3.63) is 104 Å². The normalized spacial score (nSPS) is 11.1. The zero-order valence-corrected chi connectivity index (χ0v) is 19.9. The second-order valence-electron chi connectivity index (χ2n) is 7.91. The van der Waals surface area contributed by atoms with Crippen molar-refractivity contribution < 1.29 is 23.1 Å². The summed E-state index contributed by atoms with van der Waals surface area (Å²) in [5.41, 5.74) is -0.157. The third-order valence-corrected chi connectivity index (χ3v) is 7.03. The lowest BCUT2D eigenvalue weighted by Gasteiger charge is -2.23. The van der Waals surface area contributed by atoms with E-state index in [1.54, 1.807) is 31.2 Å². The maximum absolute atomic E-state index is 13.6. The number of carbonyl (C=O) groups is 1. The Morgan fingerprint density at radius 2 is 1.43 bits per heavy atom. The van der Waals surface area contributed by atoms with Gasteiger partial charge in [-0.15, -0.1) is 0 Å². The van der Waals surface area contributed by atoms with Crippen molar-refractivity contribution in [3.63, 3.8) is 0 Å². The van der Waals surface area contributed by atoms with Crippen LogP contribution in [0.15, 0.2) is 71.6 Å². The molecule has 1 amide bonds. The van der Waals surface area contributed by atoms with Gasteiger partial charge in [-0.1, -0.05) is 43.2 Å². The minimum absolute atomic E-state index is 0.00461. The van der Waals surface area contributed by atoms with Crippen molar-refractivity contribution in [1.82, 2.24) is 0 Å². The number of amides is 1. The second-order valence-corrected chi connectivity index (χ2v) is 9.70. The highest BCUT2D eigenvalue weighted by molar-refractivity contribution is 7.93. The van der Waals surface area contributed by atoms with Gasteiger partial charge in [-0.05, 0) is 49.6 Å². The van der Waals surface area contributed by atoms with Crippen LogP contribution >= 0.6 is 0 Å². The first-order valence-corrected chi connectivity index (χ1v) is 12.2. The van der Waals surface area contributed by atoms with E-state index < -0.39 is 42.7 Å². The summed E-state index contributed by atoms with van der Waals surface area (Å²) in [7, 11) is -4.47. The quantitative estimate of drug-likeness (QED) is 0.292. The van der Waals surface area contributed by atoms with Crippen LogP contribution in [0.25, 0.3) is 0 Å². The molecule has 3 aromatic carbocycles. The molecule has 0 aliphatic rings. The van der Waals surface area contributed by atoms with Crippen LogP contribution in [-0.4, -0.2) is 24.2 Å². The summed E-state index contributed by atoms with van der Waals surface area (Å²) in [5, 5.41) is 22.6. The molecular formula is C24H23N3O7S. The molecule has 0 saturated heterocycles. The van der Waals surface area contributed by atoms with Crippen LogP contribution in [0.5, 0.6) is 0 Å². The highest BCUT2D eigenvalue weighted by atomic mass is 32.2. The van der Waals surface area contributed by atoms with Crippen LogP contribution in [0.1, 0.15) is 41.3 Å². The number of sulfonamides is 1. The van der Waals surface area contributed by atoms with Gasteiger partial charge in [0.05, 0.1) is 32.1 Å². The lowest BCUT2D eigenvalue weighted by molar-refractivity contribution is -0.394. The molecule has 3 rings (SSSR count). The summed E-state index contributed by atoms with van der Waals surface area (Å²) >= 11 is 0. The van der Waals surface area contributed by atoms with Crippen molar-refractivity contribution in [2.45, 2.75) is 38.0 Å². The molecule has 0 unspecified atom stereocenters. The largest absolute Gasteiger partial charge is 0.277 e. The molecule has 11 heteroatoms. The Hall–Kier alpha value is -4.12. The zero-order valence-electron chi connectivity index (χ0n) is 19.1. The predicted octanol–water partition coefficient (Wildman–Crippen LogP) is 5.19. The summed E-state index contributed by atoms with van der Waals surface area (Å²) in [6.07, 6.45) is 2.67. The van der Waals surface area contributed by atoms with E-state index in [1.165, 1.54) is 24.3 Å². The van der Waals surface area contributed by atoms with Crippen LogP contribution in [0.3, 0.4) is 0 Å². The maximum Gasteiger partial charge on any atom is 0.277 e. The Kier molecular flexibility index (Phi) is 7.60. The van der Waals surface area contributed by atoms with Gasteiger partial charge < -0.3 is 0 Å². The molecule has 3 aromatic rings. The van der Waals surface area contributed by atoms with E-state index in [0.717, 1.165) is 42.5 Å². The van der Waals surface area contributed by atoms with E-state index in [-0.39, 0.29) is 10.6 Å². The number of benzene rings is 3. The smallest absolute Gasteiger partial charge is 0.268 e. The van der Waals surface area contributed by atoms with E-state index in [2.05, 4.69) is 0 Å². The monoisotopic (exact) mass is 497 g/mol. The van der Waals surface area contributed by atoms with Gasteiger partial charge in [0.15, 0.2) is 0 Å². The second kappa shape index (κ2) is 10.4. The molecule has 0 aromatic heterocycles. The lowest BCUT2D eigenvalue weighted by atomic mass is 10.1. The van der Waals surface area contributed by atoms with Gasteiger partial charge in [-0.25, -0.2) is 8.42 Å². The molecular weight excluding hydrogens is 474 g/mol. The Morgan fingerprint density at radius 3 is 1.91 bits per heavy atom. The third-order valence-electron chi connectivity index (χ3n) is 5.30. The molecule has 0 aliphatic carbocycles. The average Bonchev–Trinajstić information content (AvgIpc) is 2.83. The van der Waals surface area contributed by atoms with Gasteiger partial charge in [0.2, 0.25) is 0 Å². The number of unbranched alkanes of at least 4 members (excludes halogenated alkanes) is 1. The van der Waals surface area contributed by atoms with Gasteiger partial charge in [0.1, 0.15) is 0 Å². The van der Waals surface area contributed by atoms with Gasteiger partial charge in [-0.3, -0.25) is 25.0 Å². The summed E-state index contributed by atoms with van der Waals surface area (Å²) in [6.45, 7) is 3.82. The zero-order chi connectivity index (χ0) is 25.8. The van der Waals surface area contributed by atoms with Crippen LogP contribution in [-0.2, 0) is 16.4 Å². The van der Waals surface area contributed by atoms with Crippen molar-refractivity contribution >= 4 is 33.0 Å². The van der Waals surface area contributed by atoms with Crippen LogP contribution < -0.4 is 4.31 Å². The molecule has 0 bridgehead atoms. The molecule has 182 valence electrons. The van der Waals surface area contributed by atoms with Crippen LogP contribution in [0, 0.1) is 27.2 Å². The fraction of sp³-hybridized carbons (Fsp3) is 0.208. The molecule has 35 heavy (non-hydrogen) atoms. The third kappa shape index (κ3) is 5.69. The van der Waals surface area contributed by atoms with Crippen molar-refractivity contribution in [1.29, 1.82) is 0 Å². The highest BCUT2D eigenvalue weighted by Crippen LogP contribution is 2.30. The number of hydrogen-bond acceptors (Lipinski definition) is 7. The van der Waals surface area contributed by atoms with E-state index in [0.29, 0.717) is 10.4 Å².